The third-order valence-electron chi connectivity index (χ3n) is 1.80. The molecule has 2 heterocycles. The summed E-state index contributed by atoms with van der Waals surface area (Å²) in [5.74, 6) is -0.202. The van der Waals surface area contributed by atoms with Crippen LogP contribution < -0.4 is 5.32 Å². The lowest BCUT2D eigenvalue weighted by molar-refractivity contribution is 0.0960. The highest BCUT2D eigenvalue weighted by Gasteiger charge is 2.10. The summed E-state index contributed by atoms with van der Waals surface area (Å²) in [5.41, 5.74) is 1.07. The molecule has 0 spiro atoms. The molecule has 0 aliphatic carbocycles. The molecular weight excluding hydrogens is 192 g/mol. The van der Waals surface area contributed by atoms with Crippen LogP contribution in [0.5, 0.6) is 0 Å². The molecular formula is C10H14N4O. The summed E-state index contributed by atoms with van der Waals surface area (Å²) in [6.45, 7) is 4.00. The largest absolute Gasteiger partial charge is 0.354 e. The van der Waals surface area contributed by atoms with Gasteiger partial charge in [0.1, 0.15) is 17.7 Å². The van der Waals surface area contributed by atoms with Crippen LogP contribution in [-0.4, -0.2) is 27.9 Å². The average molecular weight is 206 g/mol. The number of carbonyl (C=O) groups is 1. The van der Waals surface area contributed by atoms with Gasteiger partial charge in [-0.1, -0.05) is 13.8 Å². The van der Waals surface area contributed by atoms with Gasteiger partial charge in [0.15, 0.2) is 0 Å². The van der Waals surface area contributed by atoms with Gasteiger partial charge in [0, 0.05) is 13.2 Å². The monoisotopic (exact) mass is 206 g/mol. The Labute approximate surface area is 87.9 Å². The molecule has 1 amide bonds. The summed E-state index contributed by atoms with van der Waals surface area (Å²) < 4.78 is 0. The van der Waals surface area contributed by atoms with Crippen molar-refractivity contribution in [1.29, 1.82) is 0 Å². The summed E-state index contributed by atoms with van der Waals surface area (Å²) >= 11 is 0. The van der Waals surface area contributed by atoms with Crippen molar-refractivity contribution in [3.63, 3.8) is 0 Å². The molecule has 0 aliphatic heterocycles. The molecule has 0 saturated heterocycles. The fourth-order valence-electron chi connectivity index (χ4n) is 1.17. The van der Waals surface area contributed by atoms with Crippen LogP contribution >= 0.6 is 0 Å². The van der Waals surface area contributed by atoms with Crippen molar-refractivity contribution in [3.05, 3.63) is 24.3 Å². The second-order valence-electron chi connectivity index (χ2n) is 2.54. The first-order valence-electron chi connectivity index (χ1n) is 4.83. The first-order valence-corrected chi connectivity index (χ1v) is 4.83. The minimum Gasteiger partial charge on any atom is -0.354 e. The number of H-pyrrole nitrogens is 1. The maximum absolute atomic E-state index is 11.3. The molecule has 0 bridgehead atoms. The molecule has 0 fully saturated rings. The highest BCUT2D eigenvalue weighted by molar-refractivity contribution is 6.03. The van der Waals surface area contributed by atoms with Crippen molar-refractivity contribution in [2.75, 3.05) is 7.05 Å². The predicted octanol–water partition coefficient (Wildman–Crippen LogP) is 1.34. The standard InChI is InChI=1S/C8H8N4O.C2H6/c1-9-8(13)6-5-2-3-10-7(5)12-4-11-6;1-2/h2-4H,1H3,(H,9,13)(H,10,11,12);1-2H3. The highest BCUT2D eigenvalue weighted by Crippen LogP contribution is 2.11. The minimum atomic E-state index is -0.202. The van der Waals surface area contributed by atoms with Crippen molar-refractivity contribution < 1.29 is 4.79 Å². The van der Waals surface area contributed by atoms with Crippen molar-refractivity contribution in [1.82, 2.24) is 20.3 Å². The van der Waals surface area contributed by atoms with Crippen molar-refractivity contribution >= 4 is 16.9 Å². The minimum absolute atomic E-state index is 0.202. The molecule has 2 rings (SSSR count). The van der Waals surface area contributed by atoms with Crippen LogP contribution in [0.15, 0.2) is 18.6 Å². The molecule has 0 radical (unpaired) electrons. The zero-order valence-electron chi connectivity index (χ0n) is 9.03. The highest BCUT2D eigenvalue weighted by atomic mass is 16.1. The lowest BCUT2D eigenvalue weighted by Gasteiger charge is -1.98. The van der Waals surface area contributed by atoms with Gasteiger partial charge in [-0.2, -0.15) is 0 Å². The van der Waals surface area contributed by atoms with Crippen molar-refractivity contribution in [3.8, 4) is 0 Å². The Balaban J connectivity index is 0.000000531. The summed E-state index contributed by atoms with van der Waals surface area (Å²) in [5, 5.41) is 3.26. The average Bonchev–Trinajstić information content (AvgIpc) is 2.78. The lowest BCUT2D eigenvalue weighted by Crippen LogP contribution is -2.19. The van der Waals surface area contributed by atoms with E-state index in [-0.39, 0.29) is 5.91 Å². The van der Waals surface area contributed by atoms with Gasteiger partial charge in [0.05, 0.1) is 5.39 Å². The summed E-state index contributed by atoms with van der Waals surface area (Å²) in [4.78, 5) is 22.1. The molecule has 2 N–H and O–H groups in total. The van der Waals surface area contributed by atoms with Gasteiger partial charge >= 0.3 is 0 Å². The van der Waals surface area contributed by atoms with Crippen LogP contribution in [-0.2, 0) is 0 Å². The Morgan fingerprint density at radius 1 is 1.40 bits per heavy atom. The number of nitrogens with zero attached hydrogens (tertiary/aromatic N) is 2. The van der Waals surface area contributed by atoms with E-state index in [9.17, 15) is 4.79 Å². The Kier molecular flexibility index (Phi) is 3.79. The molecule has 0 aliphatic rings. The molecule has 0 aromatic carbocycles. The first kappa shape index (κ1) is 11.2. The SMILES string of the molecule is CC.CNC(=O)c1ncnc2[nH]ccc12. The number of hydrogen-bond acceptors (Lipinski definition) is 3. The maximum Gasteiger partial charge on any atom is 0.270 e. The van der Waals surface area contributed by atoms with E-state index in [2.05, 4.69) is 20.3 Å². The maximum atomic E-state index is 11.3. The second-order valence-corrected chi connectivity index (χ2v) is 2.54. The Morgan fingerprint density at radius 3 is 2.80 bits per heavy atom. The molecule has 2 aromatic heterocycles. The van der Waals surface area contributed by atoms with Gasteiger partial charge in [-0.05, 0) is 6.07 Å². The molecule has 5 heteroatoms. The number of carbonyl (C=O) groups excluding carboxylic acids is 1. The number of aromatic amines is 1. The fraction of sp³-hybridized carbons (Fsp3) is 0.300. The lowest BCUT2D eigenvalue weighted by atomic mass is 10.3. The number of aromatic nitrogens is 3. The second kappa shape index (κ2) is 5.09. The topological polar surface area (TPSA) is 70.7 Å². The zero-order chi connectivity index (χ0) is 11.3. The van der Waals surface area contributed by atoms with Gasteiger partial charge in [0.25, 0.3) is 5.91 Å². The number of rotatable bonds is 1. The van der Waals surface area contributed by atoms with Gasteiger partial charge < -0.3 is 10.3 Å². The molecule has 5 nitrogen and oxygen atoms in total. The van der Waals surface area contributed by atoms with E-state index in [4.69, 9.17) is 0 Å². The van der Waals surface area contributed by atoms with Gasteiger partial charge in [-0.25, -0.2) is 9.97 Å². The molecule has 0 atom stereocenters. The van der Waals surface area contributed by atoms with E-state index >= 15 is 0 Å². The Hall–Kier alpha value is -1.91. The van der Waals surface area contributed by atoms with E-state index in [1.165, 1.54) is 6.33 Å². The van der Waals surface area contributed by atoms with E-state index < -0.39 is 0 Å². The number of amides is 1. The van der Waals surface area contributed by atoms with Gasteiger partial charge in [-0.3, -0.25) is 4.79 Å². The van der Waals surface area contributed by atoms with Gasteiger partial charge in [-0.15, -0.1) is 0 Å². The molecule has 0 saturated carbocycles. The Bertz CT molecular complexity index is 449. The van der Waals surface area contributed by atoms with E-state index in [1.54, 1.807) is 19.3 Å². The number of nitrogens with one attached hydrogen (secondary N) is 2. The van der Waals surface area contributed by atoms with Crippen molar-refractivity contribution in [2.24, 2.45) is 0 Å². The quantitative estimate of drug-likeness (QED) is 0.739. The predicted molar refractivity (Wildman–Crippen MR) is 58.6 cm³/mol. The third kappa shape index (κ3) is 2.12. The summed E-state index contributed by atoms with van der Waals surface area (Å²) in [7, 11) is 1.57. The normalized spacial score (nSPS) is 9.27. The zero-order valence-corrected chi connectivity index (χ0v) is 9.03. The third-order valence-corrected chi connectivity index (χ3v) is 1.80. The fourth-order valence-corrected chi connectivity index (χ4v) is 1.17. The van der Waals surface area contributed by atoms with E-state index in [0.29, 0.717) is 11.3 Å². The summed E-state index contributed by atoms with van der Waals surface area (Å²) in [6.07, 6.45) is 3.09. The van der Waals surface area contributed by atoms with Gasteiger partial charge in [0.2, 0.25) is 0 Å². The Morgan fingerprint density at radius 2 is 2.13 bits per heavy atom. The number of hydrogen-bond donors (Lipinski definition) is 2. The van der Waals surface area contributed by atoms with Crippen LogP contribution in [0, 0.1) is 0 Å². The molecule has 2 aromatic rings. The molecule has 15 heavy (non-hydrogen) atoms. The smallest absolute Gasteiger partial charge is 0.270 e. The van der Waals surface area contributed by atoms with Crippen LogP contribution in [0.25, 0.3) is 11.0 Å². The van der Waals surface area contributed by atoms with Crippen molar-refractivity contribution in [2.45, 2.75) is 13.8 Å². The first-order chi connectivity index (χ1) is 7.33. The molecule has 80 valence electrons. The van der Waals surface area contributed by atoms with E-state index in [0.717, 1.165) is 5.39 Å². The van der Waals surface area contributed by atoms with Crippen LogP contribution in [0.3, 0.4) is 0 Å². The van der Waals surface area contributed by atoms with Crippen LogP contribution in [0.4, 0.5) is 0 Å². The van der Waals surface area contributed by atoms with Crippen LogP contribution in [0.2, 0.25) is 0 Å². The van der Waals surface area contributed by atoms with E-state index in [1.807, 2.05) is 13.8 Å². The van der Waals surface area contributed by atoms with Crippen LogP contribution in [0.1, 0.15) is 24.3 Å². The summed E-state index contributed by atoms with van der Waals surface area (Å²) in [6, 6.07) is 1.78. The number of fused-ring (bicyclic) bond motifs is 1. The molecule has 0 unspecified atom stereocenters.